The number of nitrogens with zero attached hydrogens (tertiary/aromatic N) is 2. The lowest BCUT2D eigenvalue weighted by Gasteiger charge is -2.02. The number of aromatic nitrogens is 2. The maximum absolute atomic E-state index is 4.25. The normalized spacial score (nSPS) is 10.4. The lowest BCUT2D eigenvalue weighted by molar-refractivity contribution is 0.644. The van der Waals surface area contributed by atoms with E-state index in [4.69, 9.17) is 0 Å². The SMILES string of the molecule is CCCCCCCNc1ccn(C)n1. The van der Waals surface area contributed by atoms with Crippen molar-refractivity contribution in [2.75, 3.05) is 11.9 Å². The van der Waals surface area contributed by atoms with Crippen LogP contribution in [0.25, 0.3) is 0 Å². The number of anilines is 1. The summed E-state index contributed by atoms with van der Waals surface area (Å²) in [5.41, 5.74) is 0. The fourth-order valence-electron chi connectivity index (χ4n) is 1.45. The first-order valence-electron chi connectivity index (χ1n) is 5.56. The maximum atomic E-state index is 4.25. The molecule has 0 aliphatic heterocycles. The van der Waals surface area contributed by atoms with Crippen LogP contribution in [-0.4, -0.2) is 16.3 Å². The van der Waals surface area contributed by atoms with Crippen molar-refractivity contribution in [1.29, 1.82) is 0 Å². The molecule has 3 nitrogen and oxygen atoms in total. The van der Waals surface area contributed by atoms with Crippen molar-refractivity contribution in [3.05, 3.63) is 12.3 Å². The quantitative estimate of drug-likeness (QED) is 0.678. The highest BCUT2D eigenvalue weighted by atomic mass is 15.3. The van der Waals surface area contributed by atoms with Gasteiger partial charge >= 0.3 is 0 Å². The van der Waals surface area contributed by atoms with E-state index in [0.29, 0.717) is 0 Å². The molecule has 0 amide bonds. The molecule has 0 radical (unpaired) electrons. The van der Waals surface area contributed by atoms with Crippen LogP contribution in [0.4, 0.5) is 5.82 Å². The zero-order valence-corrected chi connectivity index (χ0v) is 9.29. The number of aryl methyl sites for hydroxylation is 1. The predicted molar refractivity (Wildman–Crippen MR) is 60.5 cm³/mol. The van der Waals surface area contributed by atoms with E-state index in [-0.39, 0.29) is 0 Å². The number of hydrogen-bond donors (Lipinski definition) is 1. The molecule has 80 valence electrons. The zero-order chi connectivity index (χ0) is 10.2. The fraction of sp³-hybridized carbons (Fsp3) is 0.727. The largest absolute Gasteiger partial charge is 0.369 e. The summed E-state index contributed by atoms with van der Waals surface area (Å²) < 4.78 is 1.82. The molecule has 0 aliphatic rings. The average Bonchev–Trinajstić information content (AvgIpc) is 2.58. The summed E-state index contributed by atoms with van der Waals surface area (Å²) in [6.07, 6.45) is 8.57. The van der Waals surface area contributed by atoms with E-state index in [9.17, 15) is 0 Å². The van der Waals surface area contributed by atoms with Crippen molar-refractivity contribution < 1.29 is 0 Å². The highest BCUT2D eigenvalue weighted by Gasteiger charge is 1.94. The first-order valence-corrected chi connectivity index (χ1v) is 5.56. The van der Waals surface area contributed by atoms with Gasteiger partial charge in [-0.1, -0.05) is 32.6 Å². The summed E-state index contributed by atoms with van der Waals surface area (Å²) in [5.74, 6) is 0.989. The van der Waals surface area contributed by atoms with Crippen molar-refractivity contribution in [1.82, 2.24) is 9.78 Å². The summed E-state index contributed by atoms with van der Waals surface area (Å²) in [6.45, 7) is 3.28. The average molecular weight is 195 g/mol. The van der Waals surface area contributed by atoms with Gasteiger partial charge in [0.25, 0.3) is 0 Å². The van der Waals surface area contributed by atoms with E-state index < -0.39 is 0 Å². The third-order valence-electron chi connectivity index (χ3n) is 2.30. The molecule has 0 unspecified atom stereocenters. The van der Waals surface area contributed by atoms with Gasteiger partial charge in [0.05, 0.1) is 0 Å². The molecule has 1 N–H and O–H groups in total. The second-order valence-electron chi connectivity index (χ2n) is 3.72. The van der Waals surface area contributed by atoms with Crippen LogP contribution in [0.2, 0.25) is 0 Å². The Morgan fingerprint density at radius 2 is 2.07 bits per heavy atom. The second kappa shape index (κ2) is 6.46. The molecule has 0 saturated carbocycles. The Balaban J connectivity index is 1.99. The van der Waals surface area contributed by atoms with Crippen molar-refractivity contribution in [3.63, 3.8) is 0 Å². The maximum Gasteiger partial charge on any atom is 0.147 e. The third kappa shape index (κ3) is 4.30. The minimum Gasteiger partial charge on any atom is -0.369 e. The summed E-state index contributed by atoms with van der Waals surface area (Å²) in [6, 6.07) is 2.01. The standard InChI is InChI=1S/C11H21N3/c1-3-4-5-6-7-9-12-11-8-10-14(2)13-11/h8,10H,3-7,9H2,1-2H3,(H,12,13). The highest BCUT2D eigenvalue weighted by Crippen LogP contribution is 2.04. The summed E-state index contributed by atoms with van der Waals surface area (Å²) >= 11 is 0. The molecule has 0 aliphatic carbocycles. The monoisotopic (exact) mass is 195 g/mol. The zero-order valence-electron chi connectivity index (χ0n) is 9.29. The van der Waals surface area contributed by atoms with Gasteiger partial charge in [0, 0.05) is 25.9 Å². The summed E-state index contributed by atoms with van der Waals surface area (Å²) in [7, 11) is 1.94. The Labute approximate surface area is 86.5 Å². The smallest absolute Gasteiger partial charge is 0.147 e. The van der Waals surface area contributed by atoms with Gasteiger partial charge in [0.15, 0.2) is 0 Å². The van der Waals surface area contributed by atoms with Crippen LogP contribution in [0.5, 0.6) is 0 Å². The topological polar surface area (TPSA) is 29.9 Å². The number of hydrogen-bond acceptors (Lipinski definition) is 2. The van der Waals surface area contributed by atoms with Crippen molar-refractivity contribution >= 4 is 5.82 Å². The third-order valence-corrected chi connectivity index (χ3v) is 2.30. The lowest BCUT2D eigenvalue weighted by atomic mass is 10.1. The molecular weight excluding hydrogens is 174 g/mol. The van der Waals surface area contributed by atoms with E-state index in [2.05, 4.69) is 17.3 Å². The van der Waals surface area contributed by atoms with Gasteiger partial charge in [-0.2, -0.15) is 5.10 Å². The van der Waals surface area contributed by atoms with Crippen LogP contribution in [0.3, 0.4) is 0 Å². The minimum atomic E-state index is 0.989. The molecule has 1 rings (SSSR count). The Bertz CT molecular complexity index is 242. The van der Waals surface area contributed by atoms with Crippen molar-refractivity contribution in [2.45, 2.75) is 39.0 Å². The second-order valence-corrected chi connectivity index (χ2v) is 3.72. The van der Waals surface area contributed by atoms with Crippen LogP contribution in [0.1, 0.15) is 39.0 Å². The molecule has 14 heavy (non-hydrogen) atoms. The fourth-order valence-corrected chi connectivity index (χ4v) is 1.45. The molecule has 1 aromatic heterocycles. The van der Waals surface area contributed by atoms with Crippen molar-refractivity contribution in [3.8, 4) is 0 Å². The van der Waals surface area contributed by atoms with E-state index in [0.717, 1.165) is 12.4 Å². The Kier molecular flexibility index (Phi) is 5.12. The molecule has 0 bridgehead atoms. The first kappa shape index (κ1) is 11.1. The van der Waals surface area contributed by atoms with E-state index in [1.807, 2.05) is 24.0 Å². The van der Waals surface area contributed by atoms with Gasteiger partial charge in [0.1, 0.15) is 5.82 Å². The van der Waals surface area contributed by atoms with Crippen molar-refractivity contribution in [2.24, 2.45) is 7.05 Å². The van der Waals surface area contributed by atoms with Crippen LogP contribution < -0.4 is 5.32 Å². The lowest BCUT2D eigenvalue weighted by Crippen LogP contribution is -2.02. The summed E-state index contributed by atoms with van der Waals surface area (Å²) in [4.78, 5) is 0. The highest BCUT2D eigenvalue weighted by molar-refractivity contribution is 5.31. The number of unbranched alkanes of at least 4 members (excludes halogenated alkanes) is 4. The van der Waals surface area contributed by atoms with Gasteiger partial charge in [0.2, 0.25) is 0 Å². The molecule has 0 spiro atoms. The molecule has 0 fully saturated rings. The van der Waals surface area contributed by atoms with E-state index in [1.165, 1.54) is 32.1 Å². The molecule has 0 aromatic carbocycles. The van der Waals surface area contributed by atoms with Gasteiger partial charge in [-0.3, -0.25) is 4.68 Å². The van der Waals surface area contributed by atoms with Crippen LogP contribution in [0.15, 0.2) is 12.3 Å². The van der Waals surface area contributed by atoms with E-state index in [1.54, 1.807) is 0 Å². The molecule has 1 aromatic rings. The Morgan fingerprint density at radius 1 is 1.29 bits per heavy atom. The van der Waals surface area contributed by atoms with Gasteiger partial charge in [-0.25, -0.2) is 0 Å². The summed E-state index contributed by atoms with van der Waals surface area (Å²) in [5, 5.41) is 7.56. The van der Waals surface area contributed by atoms with Gasteiger partial charge < -0.3 is 5.32 Å². The molecule has 3 heteroatoms. The van der Waals surface area contributed by atoms with Crippen LogP contribution >= 0.6 is 0 Å². The predicted octanol–water partition coefficient (Wildman–Crippen LogP) is 2.80. The van der Waals surface area contributed by atoms with E-state index >= 15 is 0 Å². The van der Waals surface area contributed by atoms with Gasteiger partial charge in [-0.05, 0) is 6.42 Å². The minimum absolute atomic E-state index is 0.989. The number of rotatable bonds is 7. The molecule has 1 heterocycles. The Morgan fingerprint density at radius 3 is 2.71 bits per heavy atom. The van der Waals surface area contributed by atoms with Crippen LogP contribution in [0, 0.1) is 0 Å². The van der Waals surface area contributed by atoms with Crippen LogP contribution in [-0.2, 0) is 7.05 Å². The number of nitrogens with one attached hydrogen (secondary N) is 1. The molecular formula is C11H21N3. The van der Waals surface area contributed by atoms with Gasteiger partial charge in [-0.15, -0.1) is 0 Å². The first-order chi connectivity index (χ1) is 6.83. The molecule has 0 saturated heterocycles. The Hall–Kier alpha value is -0.990. The molecule has 0 atom stereocenters.